The largest absolute Gasteiger partial charge is 0.501 e. The normalized spacial score (nSPS) is 21.1. The average molecular weight is 310 g/mol. The van der Waals surface area contributed by atoms with Crippen LogP contribution in [0.5, 0.6) is 5.75 Å². The first kappa shape index (κ1) is 15.8. The van der Waals surface area contributed by atoms with Gasteiger partial charge in [-0.1, -0.05) is 0 Å². The Bertz CT molecular complexity index is 684. The predicted octanol–water partition coefficient (Wildman–Crippen LogP) is -1.05. The van der Waals surface area contributed by atoms with Gasteiger partial charge in [0.25, 0.3) is 11.5 Å². The molecule has 1 aromatic heterocycles. The van der Waals surface area contributed by atoms with Crippen LogP contribution in [0.4, 0.5) is 0 Å². The van der Waals surface area contributed by atoms with Gasteiger partial charge in [-0.15, -0.1) is 0 Å². The molecule has 120 valence electrons. The Morgan fingerprint density at radius 3 is 2.14 bits per heavy atom. The van der Waals surface area contributed by atoms with Crippen LogP contribution in [-0.4, -0.2) is 39.0 Å². The van der Waals surface area contributed by atoms with Crippen molar-refractivity contribution in [2.24, 2.45) is 0 Å². The second kappa shape index (κ2) is 6.46. The molecule has 9 nitrogen and oxygen atoms in total. The molecule has 2 amide bonds. The molecule has 0 aromatic carbocycles. The van der Waals surface area contributed by atoms with Crippen LogP contribution >= 0.6 is 0 Å². The number of amides is 2. The predicted molar refractivity (Wildman–Crippen MR) is 76.7 cm³/mol. The third-order valence-electron chi connectivity index (χ3n) is 3.61. The highest BCUT2D eigenvalue weighted by Crippen LogP contribution is 2.19. The summed E-state index contributed by atoms with van der Waals surface area (Å²) in [5.41, 5.74) is -2.32. The summed E-state index contributed by atoms with van der Waals surface area (Å²) in [5.74, 6) is -1.61. The summed E-state index contributed by atoms with van der Waals surface area (Å²) in [6, 6.07) is -0.0434. The van der Waals surface area contributed by atoms with Crippen molar-refractivity contribution in [1.29, 1.82) is 0 Å². The number of hydrogen-bond acceptors (Lipinski definition) is 5. The van der Waals surface area contributed by atoms with Gasteiger partial charge < -0.3 is 15.7 Å². The molecule has 9 heteroatoms. The molecule has 0 aliphatic heterocycles. The molecule has 2 rings (SSSR count). The Kier molecular flexibility index (Phi) is 4.64. The number of carbonyl (C=O) groups is 2. The summed E-state index contributed by atoms with van der Waals surface area (Å²) in [7, 11) is 0. The molecule has 5 N–H and O–H groups in total. The molecule has 1 aliphatic rings. The van der Waals surface area contributed by atoms with Gasteiger partial charge in [0.2, 0.25) is 11.7 Å². The quantitative estimate of drug-likeness (QED) is 0.483. The molecule has 0 spiro atoms. The molecule has 1 aliphatic carbocycles. The van der Waals surface area contributed by atoms with E-state index in [1.807, 2.05) is 4.98 Å². The number of nitrogens with one attached hydrogen (secondary N) is 4. The minimum atomic E-state index is -1.01. The Labute approximate surface area is 125 Å². The molecule has 22 heavy (non-hydrogen) atoms. The smallest absolute Gasteiger partial charge is 0.326 e. The fourth-order valence-electron chi connectivity index (χ4n) is 2.57. The Morgan fingerprint density at radius 1 is 1.05 bits per heavy atom. The Morgan fingerprint density at radius 2 is 1.59 bits per heavy atom. The lowest BCUT2D eigenvalue weighted by atomic mass is 9.91. The standard InChI is InChI=1S/C13H18N4O5/c1-6(18)14-7-2-4-8(5-3-7)15-11(20)9-10(19)12(21)17-13(22)16-9/h7-8,19H,2-5H2,1H3,(H,14,18)(H,15,20)(H2,16,17,21,22). The number of aromatic amines is 2. The number of carbonyl (C=O) groups excluding carboxylic acids is 2. The molecule has 1 saturated carbocycles. The monoisotopic (exact) mass is 310 g/mol. The number of rotatable bonds is 3. The first-order chi connectivity index (χ1) is 10.4. The fourth-order valence-corrected chi connectivity index (χ4v) is 2.57. The fraction of sp³-hybridized carbons (Fsp3) is 0.538. The highest BCUT2D eigenvalue weighted by Gasteiger charge is 2.25. The Balaban J connectivity index is 1.98. The third-order valence-corrected chi connectivity index (χ3v) is 3.61. The first-order valence-corrected chi connectivity index (χ1v) is 7.00. The minimum Gasteiger partial charge on any atom is -0.501 e. The van der Waals surface area contributed by atoms with Crippen LogP contribution in [0.15, 0.2) is 9.59 Å². The zero-order valence-corrected chi connectivity index (χ0v) is 12.1. The van der Waals surface area contributed by atoms with Crippen LogP contribution in [-0.2, 0) is 4.79 Å². The second-order valence-electron chi connectivity index (χ2n) is 5.35. The maximum Gasteiger partial charge on any atom is 0.326 e. The van der Waals surface area contributed by atoms with Gasteiger partial charge in [-0.3, -0.25) is 24.4 Å². The highest BCUT2D eigenvalue weighted by atomic mass is 16.3. The van der Waals surface area contributed by atoms with Crippen molar-refractivity contribution >= 4 is 11.8 Å². The zero-order valence-electron chi connectivity index (χ0n) is 12.1. The van der Waals surface area contributed by atoms with Crippen molar-refractivity contribution in [3.63, 3.8) is 0 Å². The second-order valence-corrected chi connectivity index (χ2v) is 5.35. The van der Waals surface area contributed by atoms with E-state index in [0.717, 1.165) is 12.8 Å². The molecule has 0 unspecified atom stereocenters. The van der Waals surface area contributed by atoms with Crippen molar-refractivity contribution in [3.8, 4) is 5.75 Å². The molecule has 0 bridgehead atoms. The summed E-state index contributed by atoms with van der Waals surface area (Å²) in [6.07, 6.45) is 2.76. The van der Waals surface area contributed by atoms with E-state index in [1.54, 1.807) is 0 Å². The van der Waals surface area contributed by atoms with Gasteiger partial charge in [-0.25, -0.2) is 4.79 Å². The van der Waals surface area contributed by atoms with Gasteiger partial charge in [-0.2, -0.15) is 0 Å². The number of aromatic nitrogens is 2. The van der Waals surface area contributed by atoms with E-state index < -0.39 is 28.6 Å². The van der Waals surface area contributed by atoms with E-state index in [4.69, 9.17) is 0 Å². The zero-order chi connectivity index (χ0) is 16.3. The number of hydrogen-bond donors (Lipinski definition) is 5. The summed E-state index contributed by atoms with van der Waals surface area (Å²) < 4.78 is 0. The lowest BCUT2D eigenvalue weighted by Gasteiger charge is -2.29. The maximum absolute atomic E-state index is 12.0. The van der Waals surface area contributed by atoms with Crippen LogP contribution < -0.4 is 21.9 Å². The van der Waals surface area contributed by atoms with E-state index >= 15 is 0 Å². The molecular weight excluding hydrogens is 292 g/mol. The SMILES string of the molecule is CC(=O)NC1CCC(NC(=O)c2[nH]c(=O)[nH]c(=O)c2O)CC1. The van der Waals surface area contributed by atoms with Crippen LogP contribution in [0.2, 0.25) is 0 Å². The summed E-state index contributed by atoms with van der Waals surface area (Å²) in [5, 5.41) is 15.0. The highest BCUT2D eigenvalue weighted by molar-refractivity contribution is 5.94. The number of H-pyrrole nitrogens is 2. The van der Waals surface area contributed by atoms with Crippen LogP contribution in [0, 0.1) is 0 Å². The maximum atomic E-state index is 12.0. The lowest BCUT2D eigenvalue weighted by molar-refractivity contribution is -0.119. The minimum absolute atomic E-state index is 0.0847. The Hall–Kier alpha value is -2.58. The molecule has 0 atom stereocenters. The van der Waals surface area contributed by atoms with E-state index in [0.29, 0.717) is 12.8 Å². The van der Waals surface area contributed by atoms with E-state index in [9.17, 15) is 24.3 Å². The van der Waals surface area contributed by atoms with E-state index in [2.05, 4.69) is 15.6 Å². The van der Waals surface area contributed by atoms with Gasteiger partial charge in [0.1, 0.15) is 0 Å². The van der Waals surface area contributed by atoms with Crippen LogP contribution in [0.25, 0.3) is 0 Å². The van der Waals surface area contributed by atoms with Gasteiger partial charge in [0, 0.05) is 19.0 Å². The topological polar surface area (TPSA) is 144 Å². The summed E-state index contributed by atoms with van der Waals surface area (Å²) >= 11 is 0. The van der Waals surface area contributed by atoms with E-state index in [-0.39, 0.29) is 18.0 Å². The molecule has 0 saturated heterocycles. The van der Waals surface area contributed by atoms with Crippen molar-refractivity contribution in [3.05, 3.63) is 26.5 Å². The average Bonchev–Trinajstić information content (AvgIpc) is 2.44. The van der Waals surface area contributed by atoms with Gasteiger partial charge in [-0.05, 0) is 25.7 Å². The molecule has 0 radical (unpaired) electrons. The lowest BCUT2D eigenvalue weighted by Crippen LogP contribution is -2.44. The van der Waals surface area contributed by atoms with Gasteiger partial charge in [0.05, 0.1) is 0 Å². The molecule has 1 fully saturated rings. The summed E-state index contributed by atoms with van der Waals surface area (Å²) in [4.78, 5) is 49.4. The third kappa shape index (κ3) is 3.74. The number of aromatic hydroxyl groups is 1. The van der Waals surface area contributed by atoms with Gasteiger partial charge >= 0.3 is 5.69 Å². The van der Waals surface area contributed by atoms with Crippen molar-refractivity contribution in [2.75, 3.05) is 0 Å². The van der Waals surface area contributed by atoms with Crippen molar-refractivity contribution in [1.82, 2.24) is 20.6 Å². The van der Waals surface area contributed by atoms with Crippen molar-refractivity contribution in [2.45, 2.75) is 44.7 Å². The van der Waals surface area contributed by atoms with Gasteiger partial charge in [0.15, 0.2) is 5.69 Å². The van der Waals surface area contributed by atoms with E-state index in [1.165, 1.54) is 6.92 Å². The molecule has 1 aromatic rings. The molecular formula is C13H18N4O5. The first-order valence-electron chi connectivity index (χ1n) is 7.00. The van der Waals surface area contributed by atoms with Crippen LogP contribution in [0.3, 0.4) is 0 Å². The molecule has 1 heterocycles. The summed E-state index contributed by atoms with van der Waals surface area (Å²) in [6.45, 7) is 1.46. The van der Waals surface area contributed by atoms with Crippen LogP contribution in [0.1, 0.15) is 43.1 Å². The van der Waals surface area contributed by atoms with Crippen molar-refractivity contribution < 1.29 is 14.7 Å².